The molecule has 16 heavy (non-hydrogen) atoms. The van der Waals surface area contributed by atoms with Crippen molar-refractivity contribution < 1.29 is 5.11 Å². The van der Waals surface area contributed by atoms with Gasteiger partial charge in [-0.15, -0.1) is 0 Å². The Morgan fingerprint density at radius 1 is 1.38 bits per heavy atom. The number of anilines is 2. The smallest absolute Gasteiger partial charge is 0.0661 e. The van der Waals surface area contributed by atoms with Gasteiger partial charge in [-0.3, -0.25) is 0 Å². The number of rotatable bonds is 3. The molecule has 1 aliphatic carbocycles. The van der Waals surface area contributed by atoms with Crippen molar-refractivity contribution >= 4 is 11.4 Å². The van der Waals surface area contributed by atoms with Crippen LogP contribution in [0.2, 0.25) is 0 Å². The van der Waals surface area contributed by atoms with Gasteiger partial charge in [-0.25, -0.2) is 0 Å². The summed E-state index contributed by atoms with van der Waals surface area (Å²) < 4.78 is 0. The number of hydrogen-bond acceptors (Lipinski definition) is 3. The molecule has 0 aliphatic heterocycles. The third-order valence-electron chi connectivity index (χ3n) is 3.56. The van der Waals surface area contributed by atoms with E-state index in [0.29, 0.717) is 0 Å². The molecule has 0 bridgehead atoms. The summed E-state index contributed by atoms with van der Waals surface area (Å²) in [5, 5.41) is 13.0. The lowest BCUT2D eigenvalue weighted by Crippen LogP contribution is -2.39. The molecule has 2 rings (SSSR count). The van der Waals surface area contributed by atoms with E-state index in [1.54, 1.807) is 0 Å². The van der Waals surface area contributed by atoms with Crippen molar-refractivity contribution in [3.05, 3.63) is 23.8 Å². The first-order valence-electron chi connectivity index (χ1n) is 5.91. The highest BCUT2D eigenvalue weighted by atomic mass is 16.3. The van der Waals surface area contributed by atoms with Gasteiger partial charge >= 0.3 is 0 Å². The molecule has 1 aromatic carbocycles. The molecule has 3 nitrogen and oxygen atoms in total. The summed E-state index contributed by atoms with van der Waals surface area (Å²) in [6.45, 7) is 2.22. The zero-order valence-corrected chi connectivity index (χ0v) is 9.79. The number of aliphatic hydroxyl groups excluding tert-OH is 1. The maximum absolute atomic E-state index is 9.56. The van der Waals surface area contributed by atoms with Crippen LogP contribution >= 0.6 is 0 Å². The molecule has 1 aromatic rings. The van der Waals surface area contributed by atoms with Gasteiger partial charge in [-0.1, -0.05) is 25.0 Å². The van der Waals surface area contributed by atoms with E-state index in [1.807, 2.05) is 25.1 Å². The molecule has 0 spiro atoms. The van der Waals surface area contributed by atoms with E-state index in [1.165, 1.54) is 12.8 Å². The standard InChI is InChI=1S/C13H20N2O/c1-10-5-4-6-11(14)12(10)15-13(9-16)7-2-3-8-13/h4-6,15-16H,2-3,7-9,14H2,1H3. The van der Waals surface area contributed by atoms with Crippen molar-refractivity contribution in [2.75, 3.05) is 17.7 Å². The molecule has 88 valence electrons. The van der Waals surface area contributed by atoms with Crippen molar-refractivity contribution in [1.29, 1.82) is 0 Å². The number of nitrogens with two attached hydrogens (primary N) is 1. The number of aryl methyl sites for hydroxylation is 1. The summed E-state index contributed by atoms with van der Waals surface area (Å²) in [6.07, 6.45) is 4.41. The highest BCUT2D eigenvalue weighted by Gasteiger charge is 2.33. The average Bonchev–Trinajstić information content (AvgIpc) is 2.73. The lowest BCUT2D eigenvalue weighted by Gasteiger charge is -2.30. The van der Waals surface area contributed by atoms with Crippen LogP contribution < -0.4 is 11.1 Å². The molecular formula is C13H20N2O. The second-order valence-corrected chi connectivity index (χ2v) is 4.81. The van der Waals surface area contributed by atoms with Crippen molar-refractivity contribution in [1.82, 2.24) is 0 Å². The van der Waals surface area contributed by atoms with E-state index in [-0.39, 0.29) is 12.1 Å². The maximum atomic E-state index is 9.56. The first-order chi connectivity index (χ1) is 7.67. The zero-order chi connectivity index (χ0) is 11.6. The van der Waals surface area contributed by atoms with E-state index in [4.69, 9.17) is 5.73 Å². The Bertz CT molecular complexity index is 350. The van der Waals surface area contributed by atoms with Crippen molar-refractivity contribution in [3.8, 4) is 0 Å². The van der Waals surface area contributed by atoms with Crippen LogP contribution in [-0.4, -0.2) is 17.3 Å². The molecule has 0 radical (unpaired) electrons. The first kappa shape index (κ1) is 11.3. The normalized spacial score (nSPS) is 18.6. The molecule has 1 saturated carbocycles. The van der Waals surface area contributed by atoms with Gasteiger partial charge in [0, 0.05) is 0 Å². The predicted octanol–water partition coefficient (Wildman–Crippen LogP) is 2.29. The van der Waals surface area contributed by atoms with Gasteiger partial charge in [0.2, 0.25) is 0 Å². The molecular weight excluding hydrogens is 200 g/mol. The van der Waals surface area contributed by atoms with Gasteiger partial charge in [-0.05, 0) is 31.4 Å². The number of nitrogen functional groups attached to an aromatic ring is 1. The summed E-state index contributed by atoms with van der Waals surface area (Å²) in [5.41, 5.74) is 8.70. The quantitative estimate of drug-likeness (QED) is 0.685. The van der Waals surface area contributed by atoms with Crippen LogP contribution in [0, 0.1) is 6.92 Å². The highest BCUT2D eigenvalue weighted by molar-refractivity contribution is 5.70. The van der Waals surface area contributed by atoms with Crippen LogP contribution in [0.5, 0.6) is 0 Å². The van der Waals surface area contributed by atoms with Crippen LogP contribution in [-0.2, 0) is 0 Å². The molecule has 0 amide bonds. The molecule has 1 fully saturated rings. The number of nitrogens with one attached hydrogen (secondary N) is 1. The Morgan fingerprint density at radius 3 is 2.62 bits per heavy atom. The van der Waals surface area contributed by atoms with Crippen LogP contribution in [0.1, 0.15) is 31.2 Å². The van der Waals surface area contributed by atoms with Gasteiger partial charge in [0.1, 0.15) is 0 Å². The van der Waals surface area contributed by atoms with Crippen molar-refractivity contribution in [2.24, 2.45) is 0 Å². The molecule has 0 heterocycles. The van der Waals surface area contributed by atoms with E-state index in [9.17, 15) is 5.11 Å². The molecule has 0 saturated heterocycles. The minimum atomic E-state index is -0.153. The van der Waals surface area contributed by atoms with E-state index >= 15 is 0 Å². The number of benzene rings is 1. The molecule has 4 N–H and O–H groups in total. The van der Waals surface area contributed by atoms with Crippen LogP contribution in [0.3, 0.4) is 0 Å². The van der Waals surface area contributed by atoms with E-state index in [0.717, 1.165) is 29.8 Å². The second-order valence-electron chi connectivity index (χ2n) is 4.81. The summed E-state index contributed by atoms with van der Waals surface area (Å²) in [7, 11) is 0. The van der Waals surface area contributed by atoms with Gasteiger partial charge in [-0.2, -0.15) is 0 Å². The minimum absolute atomic E-state index is 0.153. The lowest BCUT2D eigenvalue weighted by molar-refractivity contribution is 0.214. The van der Waals surface area contributed by atoms with Crippen LogP contribution in [0.4, 0.5) is 11.4 Å². The third kappa shape index (κ3) is 2.00. The van der Waals surface area contributed by atoms with Gasteiger partial charge in [0.05, 0.1) is 23.5 Å². The monoisotopic (exact) mass is 220 g/mol. The summed E-state index contributed by atoms with van der Waals surface area (Å²) in [6, 6.07) is 5.89. The number of para-hydroxylation sites is 1. The van der Waals surface area contributed by atoms with Crippen molar-refractivity contribution in [3.63, 3.8) is 0 Å². The summed E-state index contributed by atoms with van der Waals surface area (Å²) in [4.78, 5) is 0. The van der Waals surface area contributed by atoms with E-state index in [2.05, 4.69) is 5.32 Å². The molecule has 0 aromatic heterocycles. The highest BCUT2D eigenvalue weighted by Crippen LogP contribution is 2.35. The Hall–Kier alpha value is -1.22. The maximum Gasteiger partial charge on any atom is 0.0661 e. The number of aliphatic hydroxyl groups is 1. The number of hydrogen-bond donors (Lipinski definition) is 3. The predicted molar refractivity (Wildman–Crippen MR) is 67.5 cm³/mol. The third-order valence-corrected chi connectivity index (χ3v) is 3.56. The fourth-order valence-corrected chi connectivity index (χ4v) is 2.50. The Balaban J connectivity index is 2.25. The largest absolute Gasteiger partial charge is 0.397 e. The summed E-state index contributed by atoms with van der Waals surface area (Å²) in [5.74, 6) is 0. The average molecular weight is 220 g/mol. The molecule has 3 heteroatoms. The second kappa shape index (κ2) is 4.34. The SMILES string of the molecule is Cc1cccc(N)c1NC1(CO)CCCC1. The fourth-order valence-electron chi connectivity index (χ4n) is 2.50. The Kier molecular flexibility index (Phi) is 3.06. The summed E-state index contributed by atoms with van der Waals surface area (Å²) >= 11 is 0. The van der Waals surface area contributed by atoms with Gasteiger partial charge < -0.3 is 16.2 Å². The Labute approximate surface area is 96.7 Å². The van der Waals surface area contributed by atoms with Gasteiger partial charge in [0.15, 0.2) is 0 Å². The van der Waals surface area contributed by atoms with Crippen LogP contribution in [0.25, 0.3) is 0 Å². The van der Waals surface area contributed by atoms with E-state index < -0.39 is 0 Å². The minimum Gasteiger partial charge on any atom is -0.397 e. The fraction of sp³-hybridized carbons (Fsp3) is 0.538. The first-order valence-corrected chi connectivity index (χ1v) is 5.91. The zero-order valence-electron chi connectivity index (χ0n) is 9.79. The molecule has 1 aliphatic rings. The Morgan fingerprint density at radius 2 is 2.06 bits per heavy atom. The molecule has 0 unspecified atom stereocenters. The topological polar surface area (TPSA) is 58.3 Å². The van der Waals surface area contributed by atoms with Crippen LogP contribution in [0.15, 0.2) is 18.2 Å². The lowest BCUT2D eigenvalue weighted by atomic mass is 9.97. The molecule has 0 atom stereocenters. The van der Waals surface area contributed by atoms with Crippen molar-refractivity contribution in [2.45, 2.75) is 38.1 Å². The van der Waals surface area contributed by atoms with Gasteiger partial charge in [0.25, 0.3) is 0 Å².